The smallest absolute Gasteiger partial charge is 0.281 e. The largest absolute Gasteiger partial charge is 0.438 e. The van der Waals surface area contributed by atoms with E-state index >= 15 is 0 Å². The molecule has 4 aromatic rings. The van der Waals surface area contributed by atoms with Crippen molar-refractivity contribution in [1.82, 2.24) is 19.7 Å². The van der Waals surface area contributed by atoms with Gasteiger partial charge in [0, 0.05) is 11.8 Å². The number of halogens is 1. The van der Waals surface area contributed by atoms with Crippen molar-refractivity contribution < 1.29 is 22.3 Å². The Morgan fingerprint density at radius 3 is 2.42 bits per heavy atom. The van der Waals surface area contributed by atoms with Crippen LogP contribution in [0, 0.1) is 26.6 Å². The van der Waals surface area contributed by atoms with Crippen molar-refractivity contribution in [1.29, 1.82) is 0 Å². The van der Waals surface area contributed by atoms with Crippen LogP contribution in [0.1, 0.15) is 27.0 Å². The van der Waals surface area contributed by atoms with Gasteiger partial charge in [-0.2, -0.15) is 8.42 Å². The van der Waals surface area contributed by atoms with Gasteiger partial charge >= 0.3 is 0 Å². The highest BCUT2D eigenvalue weighted by Crippen LogP contribution is 2.33. The number of anilines is 1. The molecule has 0 aliphatic rings. The van der Waals surface area contributed by atoms with E-state index in [4.69, 9.17) is 10.5 Å². The maximum atomic E-state index is 14.4. The fourth-order valence-electron chi connectivity index (χ4n) is 3.66. The van der Waals surface area contributed by atoms with Gasteiger partial charge in [-0.25, -0.2) is 19.1 Å². The molecule has 0 atom stereocenters. The maximum absolute atomic E-state index is 14.4. The van der Waals surface area contributed by atoms with Crippen LogP contribution in [-0.2, 0) is 10.0 Å². The zero-order valence-electron chi connectivity index (χ0n) is 19.6. The van der Waals surface area contributed by atoms with Crippen molar-refractivity contribution >= 4 is 21.7 Å². The number of nitrogens with two attached hydrogens (primary N) is 1. The molecule has 1 aromatic carbocycles. The number of amides is 1. The van der Waals surface area contributed by atoms with Crippen LogP contribution in [-0.4, -0.2) is 29.3 Å². The molecule has 0 unspecified atom stereocenters. The van der Waals surface area contributed by atoms with Crippen LogP contribution >= 0.6 is 0 Å². The van der Waals surface area contributed by atoms with Gasteiger partial charge in [0.1, 0.15) is 17.1 Å². The number of rotatable bonds is 6. The quantitative estimate of drug-likeness (QED) is 0.398. The average molecular weight is 508 g/mol. The molecular weight excluding hydrogens is 485 g/mol. The number of aryl methyl sites for hydroxylation is 3. The monoisotopic (exact) mass is 507 g/mol. The Morgan fingerprint density at radius 2 is 1.75 bits per heavy atom. The summed E-state index contributed by atoms with van der Waals surface area (Å²) in [5, 5.41) is -0.424. The fourth-order valence-corrected chi connectivity index (χ4v) is 4.60. The molecule has 36 heavy (non-hydrogen) atoms. The second-order valence-corrected chi connectivity index (χ2v) is 9.70. The van der Waals surface area contributed by atoms with E-state index in [-0.39, 0.29) is 28.5 Å². The molecule has 4 rings (SSSR count). The van der Waals surface area contributed by atoms with Gasteiger partial charge in [0.05, 0.1) is 11.9 Å². The number of pyridine rings is 3. The van der Waals surface area contributed by atoms with Crippen LogP contribution in [0.25, 0.3) is 11.3 Å². The number of hydrogen-bond acceptors (Lipinski definition) is 8. The van der Waals surface area contributed by atoms with Crippen LogP contribution in [0.15, 0.2) is 66.0 Å². The second kappa shape index (κ2) is 9.70. The number of nitrogens with zero attached hydrogens (tertiary/aromatic N) is 3. The highest BCUT2D eigenvalue weighted by atomic mass is 32.2. The number of hydrogen-bond donors (Lipinski definition) is 2. The molecule has 184 valence electrons. The van der Waals surface area contributed by atoms with E-state index in [0.717, 1.165) is 22.9 Å². The summed E-state index contributed by atoms with van der Waals surface area (Å²) in [6, 6.07) is 11.9. The van der Waals surface area contributed by atoms with Crippen LogP contribution in [0.2, 0.25) is 0 Å². The number of nitrogens with one attached hydrogen (secondary N) is 1. The predicted octanol–water partition coefficient (Wildman–Crippen LogP) is 4.10. The van der Waals surface area contributed by atoms with Gasteiger partial charge in [0.25, 0.3) is 15.9 Å². The van der Waals surface area contributed by atoms with Gasteiger partial charge in [-0.1, -0.05) is 23.8 Å². The summed E-state index contributed by atoms with van der Waals surface area (Å²) < 4.78 is 47.9. The van der Waals surface area contributed by atoms with Crippen molar-refractivity contribution in [3.8, 4) is 22.9 Å². The Hall–Kier alpha value is -4.38. The Labute approximate surface area is 207 Å². The summed E-state index contributed by atoms with van der Waals surface area (Å²) in [4.78, 5) is 25.0. The molecule has 0 aliphatic heterocycles. The molecule has 9 nitrogen and oxygen atoms in total. The average Bonchev–Trinajstić information content (AvgIpc) is 2.81. The van der Waals surface area contributed by atoms with E-state index in [2.05, 4.69) is 15.0 Å². The van der Waals surface area contributed by atoms with Gasteiger partial charge < -0.3 is 10.5 Å². The van der Waals surface area contributed by atoms with Crippen LogP contribution in [0.5, 0.6) is 11.6 Å². The molecule has 1 amide bonds. The number of aromatic nitrogens is 3. The van der Waals surface area contributed by atoms with E-state index in [1.54, 1.807) is 0 Å². The Balaban J connectivity index is 1.79. The molecule has 3 aromatic heterocycles. The number of benzene rings is 1. The lowest BCUT2D eigenvalue weighted by Crippen LogP contribution is -2.31. The number of carbonyl (C=O) groups excluding carboxylic acids is 1. The highest BCUT2D eigenvalue weighted by molar-refractivity contribution is 7.90. The minimum absolute atomic E-state index is 0.0231. The summed E-state index contributed by atoms with van der Waals surface area (Å²) in [5.41, 5.74) is 8.26. The molecule has 0 radical (unpaired) electrons. The Bertz CT molecular complexity index is 1570. The third kappa shape index (κ3) is 5.15. The first kappa shape index (κ1) is 24.7. The van der Waals surface area contributed by atoms with E-state index in [0.29, 0.717) is 5.75 Å². The Kier molecular flexibility index (Phi) is 6.67. The minimum Gasteiger partial charge on any atom is -0.438 e. The first-order valence-corrected chi connectivity index (χ1v) is 12.2. The lowest BCUT2D eigenvalue weighted by Gasteiger charge is -2.16. The van der Waals surface area contributed by atoms with Crippen molar-refractivity contribution in [2.24, 2.45) is 0 Å². The summed E-state index contributed by atoms with van der Waals surface area (Å²) in [5.74, 6) is -1.41. The molecular formula is C25H22FN5O4S. The SMILES string of the molecule is Cc1cc(C)c(Oc2nc(-c3ccncc3F)ccc2C(=O)NS(=O)(=O)c2cccc(N)n2)c(C)c1. The predicted molar refractivity (Wildman–Crippen MR) is 131 cm³/mol. The van der Waals surface area contributed by atoms with Crippen molar-refractivity contribution in [2.45, 2.75) is 25.8 Å². The normalized spacial score (nSPS) is 11.2. The molecule has 0 aliphatic carbocycles. The highest BCUT2D eigenvalue weighted by Gasteiger charge is 2.25. The topological polar surface area (TPSA) is 137 Å². The number of ether oxygens (including phenoxy) is 1. The summed E-state index contributed by atoms with van der Waals surface area (Å²) >= 11 is 0. The lowest BCUT2D eigenvalue weighted by atomic mass is 10.1. The number of carbonyl (C=O) groups is 1. The van der Waals surface area contributed by atoms with Crippen molar-refractivity contribution in [2.75, 3.05) is 5.73 Å². The summed E-state index contributed by atoms with van der Waals surface area (Å²) in [6.07, 6.45) is 2.44. The second-order valence-electron chi connectivity index (χ2n) is 8.07. The third-order valence-corrected chi connectivity index (χ3v) is 6.44. The first-order valence-electron chi connectivity index (χ1n) is 10.7. The summed E-state index contributed by atoms with van der Waals surface area (Å²) in [7, 11) is -4.35. The molecule has 3 N–H and O–H groups in total. The zero-order chi connectivity index (χ0) is 26.0. The van der Waals surface area contributed by atoms with E-state index in [1.807, 2.05) is 37.6 Å². The standard InChI is InChI=1S/C25H22FN5O4S/c1-14-11-15(2)23(16(3)12-14)35-25-18(7-8-20(29-25)17-9-10-28-13-19(17)26)24(32)31-36(33,34)22-6-4-5-21(27)30-22/h4-13H,1-3H3,(H2,27,30)(H,31,32). The zero-order valence-corrected chi connectivity index (χ0v) is 20.4. The molecule has 0 saturated carbocycles. The lowest BCUT2D eigenvalue weighted by molar-refractivity contribution is 0.0978. The third-order valence-electron chi connectivity index (χ3n) is 5.20. The fraction of sp³-hybridized carbons (Fsp3) is 0.120. The van der Waals surface area contributed by atoms with Gasteiger partial charge in [-0.3, -0.25) is 9.78 Å². The van der Waals surface area contributed by atoms with Crippen molar-refractivity contribution in [3.63, 3.8) is 0 Å². The number of nitrogen functional groups attached to an aromatic ring is 1. The molecule has 0 bridgehead atoms. The van der Waals surface area contributed by atoms with Crippen LogP contribution in [0.4, 0.5) is 10.2 Å². The van der Waals surface area contributed by atoms with Gasteiger partial charge in [0.15, 0.2) is 10.8 Å². The van der Waals surface area contributed by atoms with Crippen molar-refractivity contribution in [3.05, 3.63) is 89.0 Å². The molecule has 0 spiro atoms. The van der Waals surface area contributed by atoms with E-state index in [1.165, 1.54) is 42.6 Å². The molecule has 3 heterocycles. The first-order chi connectivity index (χ1) is 17.0. The van der Waals surface area contributed by atoms with E-state index < -0.39 is 26.8 Å². The van der Waals surface area contributed by atoms with Crippen LogP contribution in [0.3, 0.4) is 0 Å². The van der Waals surface area contributed by atoms with Gasteiger partial charge in [-0.15, -0.1) is 0 Å². The molecule has 0 fully saturated rings. The van der Waals surface area contributed by atoms with Crippen LogP contribution < -0.4 is 15.2 Å². The maximum Gasteiger partial charge on any atom is 0.281 e. The number of sulfonamides is 1. The molecule has 0 saturated heterocycles. The summed E-state index contributed by atoms with van der Waals surface area (Å²) in [6.45, 7) is 5.60. The van der Waals surface area contributed by atoms with Gasteiger partial charge in [0.2, 0.25) is 5.88 Å². The minimum atomic E-state index is -4.35. The van der Waals surface area contributed by atoms with Gasteiger partial charge in [-0.05, 0) is 62.2 Å². The molecule has 11 heteroatoms. The van der Waals surface area contributed by atoms with E-state index in [9.17, 15) is 17.6 Å². The Morgan fingerprint density at radius 1 is 1.03 bits per heavy atom.